The highest BCUT2D eigenvalue weighted by molar-refractivity contribution is 6.31. The van der Waals surface area contributed by atoms with Crippen LogP contribution < -0.4 is 0 Å². The molecule has 0 unspecified atom stereocenters. The third-order valence-corrected chi connectivity index (χ3v) is 1.97. The maximum Gasteiger partial charge on any atom is 0.287 e. The number of halogens is 1. The van der Waals surface area contributed by atoms with Crippen LogP contribution in [0.4, 0.5) is 0 Å². The van der Waals surface area contributed by atoms with Gasteiger partial charge < -0.3 is 0 Å². The van der Waals surface area contributed by atoms with E-state index in [1.165, 1.54) is 12.1 Å². The fourth-order valence-corrected chi connectivity index (χ4v) is 1.01. The third kappa shape index (κ3) is 2.25. The van der Waals surface area contributed by atoms with Crippen LogP contribution in [-0.4, -0.2) is 12.0 Å². The van der Waals surface area contributed by atoms with Crippen molar-refractivity contribution >= 4 is 23.6 Å². The van der Waals surface area contributed by atoms with E-state index >= 15 is 0 Å². The van der Waals surface area contributed by atoms with Crippen molar-refractivity contribution in [2.75, 3.05) is 0 Å². The van der Waals surface area contributed by atoms with Crippen molar-refractivity contribution in [2.45, 2.75) is 6.92 Å². The smallest absolute Gasteiger partial charge is 0.266 e. The summed E-state index contributed by atoms with van der Waals surface area (Å²) in [5, 5.41) is 0.479. The number of hydrogen-bond donors (Lipinski definition) is 0. The van der Waals surface area contributed by atoms with E-state index in [0.29, 0.717) is 10.6 Å². The zero-order valence-corrected chi connectivity index (χ0v) is 7.63. The number of benzene rings is 1. The average molecular weight is 196 g/mol. The lowest BCUT2D eigenvalue weighted by Crippen LogP contribution is -1.94. The van der Waals surface area contributed by atoms with Crippen LogP contribution in [0.3, 0.4) is 0 Å². The fraction of sp³-hybridized carbons (Fsp3) is 0.111. The Morgan fingerprint density at radius 3 is 2.77 bits per heavy atom. The molecule has 13 heavy (non-hydrogen) atoms. The molecule has 0 bridgehead atoms. The summed E-state index contributed by atoms with van der Waals surface area (Å²) in [5.41, 5.74) is 1.16. The van der Waals surface area contributed by atoms with Gasteiger partial charge in [-0.25, -0.2) is 4.79 Å². The third-order valence-electron chi connectivity index (χ3n) is 1.57. The van der Waals surface area contributed by atoms with E-state index in [1.54, 1.807) is 12.1 Å². The van der Waals surface area contributed by atoms with Gasteiger partial charge in [0.1, 0.15) is 0 Å². The molecule has 1 amide bonds. The lowest BCUT2D eigenvalue weighted by molar-refractivity contribution is 0.100. The molecule has 0 aliphatic rings. The van der Waals surface area contributed by atoms with E-state index in [4.69, 9.17) is 11.6 Å². The molecule has 1 aromatic carbocycles. The first kappa shape index (κ1) is 9.65. The highest BCUT2D eigenvalue weighted by Gasteiger charge is 2.05. The topological polar surface area (TPSA) is 46.5 Å². The van der Waals surface area contributed by atoms with Gasteiger partial charge in [-0.15, -0.1) is 4.99 Å². The van der Waals surface area contributed by atoms with Crippen LogP contribution in [0.2, 0.25) is 5.02 Å². The van der Waals surface area contributed by atoms with Gasteiger partial charge in [0.05, 0.1) is 0 Å². The summed E-state index contributed by atoms with van der Waals surface area (Å²) >= 11 is 5.77. The van der Waals surface area contributed by atoms with Crippen LogP contribution in [0, 0.1) is 6.92 Å². The van der Waals surface area contributed by atoms with Crippen molar-refractivity contribution in [1.82, 2.24) is 0 Å². The molecule has 1 rings (SSSR count). The van der Waals surface area contributed by atoms with Crippen molar-refractivity contribution in [3.8, 4) is 0 Å². The molecule has 66 valence electrons. The molecular weight excluding hydrogens is 190 g/mol. The van der Waals surface area contributed by atoms with Crippen molar-refractivity contribution < 1.29 is 9.59 Å². The average Bonchev–Trinajstić information content (AvgIpc) is 2.10. The molecule has 3 nitrogen and oxygen atoms in total. The molecule has 0 saturated carbocycles. The molecule has 0 saturated heterocycles. The number of isocyanates is 1. The molecule has 0 fully saturated rings. The Morgan fingerprint density at radius 2 is 2.23 bits per heavy atom. The zero-order chi connectivity index (χ0) is 9.84. The minimum absolute atomic E-state index is 0.291. The summed E-state index contributed by atoms with van der Waals surface area (Å²) in [5.74, 6) is -0.628. The maximum atomic E-state index is 11.0. The van der Waals surface area contributed by atoms with E-state index in [-0.39, 0.29) is 0 Å². The lowest BCUT2D eigenvalue weighted by atomic mass is 10.1. The Balaban J connectivity index is 3.10. The summed E-state index contributed by atoms with van der Waals surface area (Å²) in [6, 6.07) is 4.72. The quantitative estimate of drug-likeness (QED) is 0.509. The minimum atomic E-state index is -0.628. The Labute approximate surface area is 80.0 Å². The fourth-order valence-electron chi connectivity index (χ4n) is 0.832. The molecule has 0 aromatic heterocycles. The standard InChI is InChI=1S/C9H6ClNO2/c1-6-2-3-7(4-8(6)10)9(13)11-5-12/h2-4H,1H3. The first-order valence-corrected chi connectivity index (χ1v) is 3.91. The Hall–Kier alpha value is -1.44. The number of hydrogen-bond acceptors (Lipinski definition) is 2. The van der Waals surface area contributed by atoms with Crippen LogP contribution in [0.1, 0.15) is 15.9 Å². The van der Waals surface area contributed by atoms with Crippen LogP contribution in [0.15, 0.2) is 23.2 Å². The van der Waals surface area contributed by atoms with Gasteiger partial charge in [0, 0.05) is 10.6 Å². The lowest BCUT2D eigenvalue weighted by Gasteiger charge is -1.98. The normalized spacial score (nSPS) is 9.08. The Kier molecular flexibility index (Phi) is 2.96. The van der Waals surface area contributed by atoms with Gasteiger partial charge in [-0.2, -0.15) is 0 Å². The molecule has 0 atom stereocenters. The van der Waals surface area contributed by atoms with Gasteiger partial charge in [-0.05, 0) is 24.6 Å². The van der Waals surface area contributed by atoms with Crippen LogP contribution >= 0.6 is 11.6 Å². The summed E-state index contributed by atoms with van der Waals surface area (Å²) in [7, 11) is 0. The molecule has 0 aliphatic heterocycles. The largest absolute Gasteiger partial charge is 0.287 e. The predicted molar refractivity (Wildman–Crippen MR) is 48.6 cm³/mol. The number of carbonyl (C=O) groups is 1. The molecule has 0 radical (unpaired) electrons. The number of aliphatic imine (C=N–C) groups is 1. The molecule has 0 aliphatic carbocycles. The highest BCUT2D eigenvalue weighted by atomic mass is 35.5. The number of aryl methyl sites for hydroxylation is 1. The van der Waals surface area contributed by atoms with E-state index in [1.807, 2.05) is 6.92 Å². The zero-order valence-electron chi connectivity index (χ0n) is 6.87. The molecule has 4 heteroatoms. The Bertz CT molecular complexity index is 395. The van der Waals surface area contributed by atoms with Crippen LogP contribution in [-0.2, 0) is 4.79 Å². The van der Waals surface area contributed by atoms with E-state index in [0.717, 1.165) is 5.56 Å². The Morgan fingerprint density at radius 1 is 1.54 bits per heavy atom. The van der Waals surface area contributed by atoms with Crippen LogP contribution in [0.5, 0.6) is 0 Å². The van der Waals surface area contributed by atoms with Crippen molar-refractivity contribution in [1.29, 1.82) is 0 Å². The number of nitrogens with zero attached hydrogens (tertiary/aromatic N) is 1. The van der Waals surface area contributed by atoms with Gasteiger partial charge >= 0.3 is 0 Å². The highest BCUT2D eigenvalue weighted by Crippen LogP contribution is 2.16. The van der Waals surface area contributed by atoms with Crippen LogP contribution in [0.25, 0.3) is 0 Å². The van der Waals surface area contributed by atoms with Crippen molar-refractivity contribution in [2.24, 2.45) is 4.99 Å². The van der Waals surface area contributed by atoms with E-state index < -0.39 is 5.91 Å². The number of amides is 1. The van der Waals surface area contributed by atoms with Gasteiger partial charge in [0.2, 0.25) is 6.08 Å². The summed E-state index contributed by atoms with van der Waals surface area (Å²) in [4.78, 5) is 23.8. The number of carbonyl (C=O) groups excluding carboxylic acids is 2. The monoisotopic (exact) mass is 195 g/mol. The van der Waals surface area contributed by atoms with Gasteiger partial charge in [-0.3, -0.25) is 4.79 Å². The van der Waals surface area contributed by atoms with Gasteiger partial charge in [0.15, 0.2) is 0 Å². The molecule has 1 aromatic rings. The summed E-state index contributed by atoms with van der Waals surface area (Å²) in [6.07, 6.45) is 1.18. The molecular formula is C9H6ClNO2. The summed E-state index contributed by atoms with van der Waals surface area (Å²) in [6.45, 7) is 1.82. The van der Waals surface area contributed by atoms with E-state index in [9.17, 15) is 9.59 Å². The van der Waals surface area contributed by atoms with E-state index in [2.05, 4.69) is 4.99 Å². The SMILES string of the molecule is Cc1ccc(C(=O)N=C=O)cc1Cl. The minimum Gasteiger partial charge on any atom is -0.266 e. The molecule has 0 heterocycles. The van der Waals surface area contributed by atoms with Gasteiger partial charge in [-0.1, -0.05) is 17.7 Å². The second-order valence-corrected chi connectivity index (χ2v) is 2.88. The first-order valence-electron chi connectivity index (χ1n) is 3.53. The maximum absolute atomic E-state index is 11.0. The van der Waals surface area contributed by atoms with Crippen molar-refractivity contribution in [3.63, 3.8) is 0 Å². The molecule has 0 N–H and O–H groups in total. The first-order chi connectivity index (χ1) is 6.15. The second-order valence-electron chi connectivity index (χ2n) is 2.47. The summed E-state index contributed by atoms with van der Waals surface area (Å²) < 4.78 is 0. The van der Waals surface area contributed by atoms with Crippen molar-refractivity contribution in [3.05, 3.63) is 34.3 Å². The number of rotatable bonds is 1. The predicted octanol–water partition coefficient (Wildman–Crippen LogP) is 2.12. The van der Waals surface area contributed by atoms with Gasteiger partial charge in [0.25, 0.3) is 5.91 Å². The molecule has 0 spiro atoms. The second kappa shape index (κ2) is 3.99.